The summed E-state index contributed by atoms with van der Waals surface area (Å²) in [6.45, 7) is 8.79. The van der Waals surface area contributed by atoms with E-state index in [0.29, 0.717) is 11.8 Å². The van der Waals surface area contributed by atoms with Crippen LogP contribution in [-0.4, -0.2) is 32.4 Å². The van der Waals surface area contributed by atoms with Gasteiger partial charge in [-0.25, -0.2) is 9.97 Å². The van der Waals surface area contributed by atoms with Crippen LogP contribution in [0.15, 0.2) is 36.8 Å². The number of nitrogens with one attached hydrogen (secondary N) is 2. The van der Waals surface area contributed by atoms with Crippen molar-refractivity contribution in [3.8, 4) is 11.3 Å². The Balaban J connectivity index is 1.66. The molecule has 5 heteroatoms. The number of benzene rings is 1. The number of hydrogen-bond acceptors (Lipinski definition) is 3. The summed E-state index contributed by atoms with van der Waals surface area (Å²) in [5, 5.41) is 4.82. The lowest BCUT2D eigenvalue weighted by atomic mass is 9.88. The Morgan fingerprint density at radius 2 is 1.96 bits per heavy atom. The second-order valence-corrected chi connectivity index (χ2v) is 8.33. The van der Waals surface area contributed by atoms with E-state index in [1.54, 1.807) is 0 Å². The molecular weight excluding hydrogens is 346 g/mol. The fourth-order valence-corrected chi connectivity index (χ4v) is 4.60. The fourth-order valence-electron chi connectivity index (χ4n) is 4.60. The fraction of sp³-hybridized carbons (Fsp3) is 0.391. The summed E-state index contributed by atoms with van der Waals surface area (Å²) in [7, 11) is 0. The second-order valence-electron chi connectivity index (χ2n) is 8.33. The number of piperidine rings is 1. The molecule has 0 atom stereocenters. The number of aryl methyl sites for hydroxylation is 1. The van der Waals surface area contributed by atoms with Crippen molar-refractivity contribution in [1.82, 2.24) is 24.7 Å². The van der Waals surface area contributed by atoms with Gasteiger partial charge < -0.3 is 10.3 Å². The Morgan fingerprint density at radius 3 is 2.75 bits per heavy atom. The molecule has 2 N–H and O–H groups in total. The average Bonchev–Trinajstić information content (AvgIpc) is 3.26. The van der Waals surface area contributed by atoms with Crippen molar-refractivity contribution >= 4 is 16.7 Å². The third kappa shape index (κ3) is 2.90. The van der Waals surface area contributed by atoms with Gasteiger partial charge in [-0.3, -0.25) is 4.40 Å². The molecule has 5 rings (SSSR count). The summed E-state index contributed by atoms with van der Waals surface area (Å²) in [5.74, 6) is 1.83. The Kier molecular flexibility index (Phi) is 4.20. The molecule has 1 aliphatic rings. The molecule has 28 heavy (non-hydrogen) atoms. The predicted octanol–water partition coefficient (Wildman–Crippen LogP) is 4.78. The van der Waals surface area contributed by atoms with Crippen LogP contribution in [0.1, 0.15) is 55.3 Å². The number of H-pyrrole nitrogens is 1. The van der Waals surface area contributed by atoms with Gasteiger partial charge in [-0.1, -0.05) is 19.9 Å². The zero-order valence-corrected chi connectivity index (χ0v) is 16.8. The number of hydrogen-bond donors (Lipinski definition) is 2. The van der Waals surface area contributed by atoms with Crippen molar-refractivity contribution in [1.29, 1.82) is 0 Å². The van der Waals surface area contributed by atoms with E-state index >= 15 is 0 Å². The highest BCUT2D eigenvalue weighted by Crippen LogP contribution is 2.37. The number of rotatable bonds is 3. The monoisotopic (exact) mass is 373 g/mol. The number of nitrogens with zero attached hydrogens (tertiary/aromatic N) is 3. The van der Waals surface area contributed by atoms with Crippen molar-refractivity contribution in [3.63, 3.8) is 0 Å². The minimum atomic E-state index is 0.423. The molecular formula is C23H27N5. The zero-order valence-electron chi connectivity index (χ0n) is 16.8. The van der Waals surface area contributed by atoms with Crippen LogP contribution >= 0.6 is 0 Å². The van der Waals surface area contributed by atoms with Crippen molar-refractivity contribution in [2.75, 3.05) is 13.1 Å². The van der Waals surface area contributed by atoms with Crippen LogP contribution < -0.4 is 5.32 Å². The quantitative estimate of drug-likeness (QED) is 0.543. The van der Waals surface area contributed by atoms with Gasteiger partial charge in [-0.15, -0.1) is 0 Å². The Morgan fingerprint density at radius 1 is 1.14 bits per heavy atom. The molecule has 0 aliphatic carbocycles. The Labute approximate surface area is 165 Å². The highest BCUT2D eigenvalue weighted by atomic mass is 15.1. The normalized spacial score (nSPS) is 15.9. The van der Waals surface area contributed by atoms with Crippen molar-refractivity contribution < 1.29 is 0 Å². The number of aromatic nitrogens is 4. The summed E-state index contributed by atoms with van der Waals surface area (Å²) in [4.78, 5) is 12.7. The summed E-state index contributed by atoms with van der Waals surface area (Å²) in [5.41, 5.74) is 7.32. The molecule has 0 unspecified atom stereocenters. The van der Waals surface area contributed by atoms with Crippen molar-refractivity contribution in [2.45, 2.75) is 45.4 Å². The van der Waals surface area contributed by atoms with Gasteiger partial charge >= 0.3 is 0 Å². The average molecular weight is 374 g/mol. The smallest absolute Gasteiger partial charge is 0.233 e. The number of imidazole rings is 1. The maximum atomic E-state index is 4.56. The topological polar surface area (TPSA) is 58.0 Å². The molecule has 1 aromatic carbocycles. The van der Waals surface area contributed by atoms with Gasteiger partial charge in [-0.2, -0.15) is 0 Å². The molecule has 3 aromatic heterocycles. The van der Waals surface area contributed by atoms with E-state index in [4.69, 9.17) is 0 Å². The highest BCUT2D eigenvalue weighted by molar-refractivity contribution is 5.91. The molecule has 1 aliphatic heterocycles. The molecule has 144 valence electrons. The van der Waals surface area contributed by atoms with Crippen LogP contribution in [0.25, 0.3) is 27.9 Å². The van der Waals surface area contributed by atoms with Crippen LogP contribution in [0.3, 0.4) is 0 Å². The third-order valence-corrected chi connectivity index (χ3v) is 5.97. The summed E-state index contributed by atoms with van der Waals surface area (Å²) < 4.78 is 2.01. The minimum Gasteiger partial charge on any atom is -0.354 e. The van der Waals surface area contributed by atoms with Gasteiger partial charge in [0.05, 0.1) is 11.4 Å². The first-order valence-corrected chi connectivity index (χ1v) is 10.3. The minimum absolute atomic E-state index is 0.423. The molecule has 0 bridgehead atoms. The van der Waals surface area contributed by atoms with E-state index in [2.05, 4.69) is 58.5 Å². The van der Waals surface area contributed by atoms with Gasteiger partial charge in [0.15, 0.2) is 0 Å². The number of aromatic amines is 1. The van der Waals surface area contributed by atoms with Gasteiger partial charge in [0, 0.05) is 35.1 Å². The van der Waals surface area contributed by atoms with Gasteiger partial charge in [0.25, 0.3) is 0 Å². The SMILES string of the molecule is Cc1cn2cc(-c3[nH]c4ccc(C5CCNCC5)cc4c3C(C)C)cnc2n1. The summed E-state index contributed by atoms with van der Waals surface area (Å²) >= 11 is 0. The lowest BCUT2D eigenvalue weighted by Crippen LogP contribution is -2.26. The van der Waals surface area contributed by atoms with Crippen LogP contribution in [0.4, 0.5) is 0 Å². The van der Waals surface area contributed by atoms with E-state index < -0.39 is 0 Å². The van der Waals surface area contributed by atoms with Gasteiger partial charge in [0.2, 0.25) is 5.78 Å². The molecule has 5 nitrogen and oxygen atoms in total. The molecule has 4 aromatic rings. The lowest BCUT2D eigenvalue weighted by Gasteiger charge is -2.23. The van der Waals surface area contributed by atoms with Gasteiger partial charge in [0.1, 0.15) is 0 Å². The zero-order chi connectivity index (χ0) is 19.3. The molecule has 0 saturated carbocycles. The molecule has 0 radical (unpaired) electrons. The highest BCUT2D eigenvalue weighted by Gasteiger charge is 2.20. The standard InChI is InChI=1S/C23H27N5/c1-14(2)21-19-10-17(16-6-8-24-9-7-16)4-5-20(19)27-22(21)18-11-25-23-26-15(3)12-28(23)13-18/h4-5,10-14,16,24,27H,6-9H2,1-3H3. The largest absolute Gasteiger partial charge is 0.354 e. The molecule has 0 amide bonds. The van der Waals surface area contributed by atoms with Crippen LogP contribution in [-0.2, 0) is 0 Å². The molecule has 0 spiro atoms. The number of fused-ring (bicyclic) bond motifs is 2. The van der Waals surface area contributed by atoms with E-state index in [1.807, 2.05) is 23.7 Å². The van der Waals surface area contributed by atoms with Gasteiger partial charge in [-0.05, 0) is 68.0 Å². The first-order valence-electron chi connectivity index (χ1n) is 10.3. The van der Waals surface area contributed by atoms with E-state index in [9.17, 15) is 0 Å². The Hall–Kier alpha value is -2.66. The van der Waals surface area contributed by atoms with E-state index in [1.165, 1.54) is 40.6 Å². The molecule has 1 saturated heterocycles. The first kappa shape index (κ1) is 17.4. The first-order chi connectivity index (χ1) is 13.6. The maximum Gasteiger partial charge on any atom is 0.233 e. The van der Waals surface area contributed by atoms with Crippen LogP contribution in [0, 0.1) is 6.92 Å². The maximum absolute atomic E-state index is 4.56. The van der Waals surface area contributed by atoms with Crippen molar-refractivity contribution in [2.24, 2.45) is 0 Å². The summed E-state index contributed by atoms with van der Waals surface area (Å²) in [6.07, 6.45) is 8.54. The van der Waals surface area contributed by atoms with E-state index in [0.717, 1.165) is 30.1 Å². The van der Waals surface area contributed by atoms with Crippen molar-refractivity contribution in [3.05, 3.63) is 53.6 Å². The van der Waals surface area contributed by atoms with E-state index in [-0.39, 0.29) is 0 Å². The third-order valence-electron chi connectivity index (χ3n) is 5.97. The molecule has 4 heterocycles. The van der Waals surface area contributed by atoms with Crippen LogP contribution in [0.5, 0.6) is 0 Å². The summed E-state index contributed by atoms with van der Waals surface area (Å²) in [6, 6.07) is 6.99. The lowest BCUT2D eigenvalue weighted by molar-refractivity contribution is 0.460. The molecule has 1 fully saturated rings. The predicted molar refractivity (Wildman–Crippen MR) is 114 cm³/mol. The Bertz CT molecular complexity index is 1140. The van der Waals surface area contributed by atoms with Crippen LogP contribution in [0.2, 0.25) is 0 Å². The second kappa shape index (κ2) is 6.74.